The average Bonchev–Trinajstić information content (AvgIpc) is 2.72. The summed E-state index contributed by atoms with van der Waals surface area (Å²) < 4.78 is 1.99. The van der Waals surface area contributed by atoms with E-state index in [9.17, 15) is 0 Å². The molecule has 72 valence electrons. The minimum absolute atomic E-state index is 0.968. The van der Waals surface area contributed by atoms with Crippen LogP contribution in [0.15, 0.2) is 37.2 Å². The van der Waals surface area contributed by atoms with E-state index in [4.69, 9.17) is 0 Å². The van der Waals surface area contributed by atoms with E-state index < -0.39 is 0 Å². The van der Waals surface area contributed by atoms with Crippen LogP contribution in [-0.4, -0.2) is 19.7 Å². The standard InChI is InChI=1S/C10H12N4/c1(7-14-8-12-13-9-14)2-10-3-5-11-6-4-10/h3-6,8-9H,1-2,7H2. The van der Waals surface area contributed by atoms with Gasteiger partial charge in [-0.05, 0) is 30.5 Å². The molecule has 0 aliphatic rings. The van der Waals surface area contributed by atoms with Gasteiger partial charge < -0.3 is 4.57 Å². The SMILES string of the molecule is c1cc(CCCn2cnnc2)ccn1. The zero-order chi connectivity index (χ0) is 9.64. The van der Waals surface area contributed by atoms with Crippen LogP contribution < -0.4 is 0 Å². The van der Waals surface area contributed by atoms with Crippen LogP contribution in [0.5, 0.6) is 0 Å². The van der Waals surface area contributed by atoms with Crippen LogP contribution in [0.25, 0.3) is 0 Å². The summed E-state index contributed by atoms with van der Waals surface area (Å²) in [7, 11) is 0. The van der Waals surface area contributed by atoms with Gasteiger partial charge in [-0.25, -0.2) is 0 Å². The molecule has 2 heterocycles. The van der Waals surface area contributed by atoms with Crippen LogP contribution in [-0.2, 0) is 13.0 Å². The van der Waals surface area contributed by atoms with E-state index in [1.165, 1.54) is 5.56 Å². The number of hydrogen-bond acceptors (Lipinski definition) is 3. The van der Waals surface area contributed by atoms with Crippen molar-refractivity contribution < 1.29 is 0 Å². The molecule has 0 bridgehead atoms. The summed E-state index contributed by atoms with van der Waals surface area (Å²) in [5.41, 5.74) is 1.33. The van der Waals surface area contributed by atoms with Crippen molar-refractivity contribution in [3.63, 3.8) is 0 Å². The second-order valence-electron chi connectivity index (χ2n) is 3.16. The molecule has 0 spiro atoms. The molecule has 0 aliphatic heterocycles. The van der Waals surface area contributed by atoms with Gasteiger partial charge in [0.15, 0.2) is 0 Å². The van der Waals surface area contributed by atoms with Crippen LogP contribution in [0.1, 0.15) is 12.0 Å². The predicted octanol–water partition coefficient (Wildman–Crippen LogP) is 1.31. The highest BCUT2D eigenvalue weighted by atomic mass is 15.2. The summed E-state index contributed by atoms with van der Waals surface area (Å²) in [5, 5.41) is 7.50. The summed E-state index contributed by atoms with van der Waals surface area (Å²) in [6.45, 7) is 0.968. The summed E-state index contributed by atoms with van der Waals surface area (Å²) in [6.07, 6.45) is 9.31. The lowest BCUT2D eigenvalue weighted by atomic mass is 10.1. The smallest absolute Gasteiger partial charge is 0.119 e. The fourth-order valence-corrected chi connectivity index (χ4v) is 1.35. The second kappa shape index (κ2) is 4.50. The van der Waals surface area contributed by atoms with Gasteiger partial charge in [0.2, 0.25) is 0 Å². The second-order valence-corrected chi connectivity index (χ2v) is 3.16. The number of aryl methyl sites for hydroxylation is 2. The third kappa shape index (κ3) is 2.39. The molecule has 2 aromatic rings. The zero-order valence-electron chi connectivity index (χ0n) is 7.87. The minimum Gasteiger partial charge on any atom is -0.320 e. The Bertz CT molecular complexity index is 355. The Kier molecular flexibility index (Phi) is 2.85. The summed E-state index contributed by atoms with van der Waals surface area (Å²) in [5.74, 6) is 0. The Hall–Kier alpha value is -1.71. The van der Waals surface area contributed by atoms with E-state index in [2.05, 4.69) is 15.2 Å². The first-order chi connectivity index (χ1) is 6.95. The molecule has 0 unspecified atom stereocenters. The number of rotatable bonds is 4. The molecule has 4 heteroatoms. The van der Waals surface area contributed by atoms with Crippen molar-refractivity contribution in [2.75, 3.05) is 0 Å². The minimum atomic E-state index is 0.968. The van der Waals surface area contributed by atoms with E-state index in [1.54, 1.807) is 12.7 Å². The topological polar surface area (TPSA) is 43.6 Å². The molecule has 0 saturated heterocycles. The maximum atomic E-state index is 3.98. The van der Waals surface area contributed by atoms with E-state index in [0.717, 1.165) is 19.4 Å². The Morgan fingerprint density at radius 1 is 1.07 bits per heavy atom. The molecular weight excluding hydrogens is 176 g/mol. The lowest BCUT2D eigenvalue weighted by Gasteiger charge is -2.01. The number of aromatic nitrogens is 4. The van der Waals surface area contributed by atoms with E-state index in [0.29, 0.717) is 0 Å². The van der Waals surface area contributed by atoms with Crippen molar-refractivity contribution in [2.45, 2.75) is 19.4 Å². The molecule has 4 nitrogen and oxygen atoms in total. The first kappa shape index (κ1) is 8.87. The van der Waals surface area contributed by atoms with Gasteiger partial charge >= 0.3 is 0 Å². The van der Waals surface area contributed by atoms with Crippen molar-refractivity contribution in [1.82, 2.24) is 19.7 Å². The normalized spacial score (nSPS) is 10.3. The fourth-order valence-electron chi connectivity index (χ4n) is 1.35. The molecule has 0 amide bonds. The molecule has 2 rings (SSSR count). The highest BCUT2D eigenvalue weighted by molar-refractivity contribution is 5.09. The van der Waals surface area contributed by atoms with Crippen molar-refractivity contribution in [1.29, 1.82) is 0 Å². The van der Waals surface area contributed by atoms with Gasteiger partial charge in [-0.1, -0.05) is 0 Å². The van der Waals surface area contributed by atoms with E-state index >= 15 is 0 Å². The average molecular weight is 188 g/mol. The fraction of sp³-hybridized carbons (Fsp3) is 0.300. The molecule has 0 aliphatic carbocycles. The zero-order valence-corrected chi connectivity index (χ0v) is 7.87. The molecule has 0 atom stereocenters. The van der Waals surface area contributed by atoms with Gasteiger partial charge in [-0.15, -0.1) is 10.2 Å². The highest BCUT2D eigenvalue weighted by Crippen LogP contribution is 2.01. The van der Waals surface area contributed by atoms with Gasteiger partial charge in [-0.2, -0.15) is 0 Å². The van der Waals surface area contributed by atoms with Crippen molar-refractivity contribution in [2.24, 2.45) is 0 Å². The van der Waals surface area contributed by atoms with E-state index in [-0.39, 0.29) is 0 Å². The van der Waals surface area contributed by atoms with Gasteiger partial charge in [0, 0.05) is 18.9 Å². The van der Waals surface area contributed by atoms with Crippen LogP contribution in [0, 0.1) is 0 Å². The Morgan fingerprint density at radius 3 is 2.50 bits per heavy atom. The third-order valence-electron chi connectivity index (χ3n) is 2.10. The summed E-state index contributed by atoms with van der Waals surface area (Å²) in [6, 6.07) is 4.10. The van der Waals surface area contributed by atoms with Crippen LogP contribution >= 0.6 is 0 Å². The van der Waals surface area contributed by atoms with Gasteiger partial charge in [0.25, 0.3) is 0 Å². The van der Waals surface area contributed by atoms with Crippen molar-refractivity contribution in [3.8, 4) is 0 Å². The Balaban J connectivity index is 1.79. The predicted molar refractivity (Wildman–Crippen MR) is 52.6 cm³/mol. The molecule has 0 fully saturated rings. The Morgan fingerprint density at radius 2 is 1.79 bits per heavy atom. The molecule has 14 heavy (non-hydrogen) atoms. The highest BCUT2D eigenvalue weighted by Gasteiger charge is 1.93. The first-order valence-electron chi connectivity index (χ1n) is 4.66. The van der Waals surface area contributed by atoms with Gasteiger partial charge in [0.1, 0.15) is 12.7 Å². The molecule has 0 radical (unpaired) electrons. The van der Waals surface area contributed by atoms with Crippen molar-refractivity contribution >= 4 is 0 Å². The van der Waals surface area contributed by atoms with E-state index in [1.807, 2.05) is 29.1 Å². The maximum Gasteiger partial charge on any atom is 0.119 e. The lowest BCUT2D eigenvalue weighted by Crippen LogP contribution is -1.96. The number of hydrogen-bond donors (Lipinski definition) is 0. The number of nitrogens with zero attached hydrogens (tertiary/aromatic N) is 4. The van der Waals surface area contributed by atoms with Crippen molar-refractivity contribution in [3.05, 3.63) is 42.7 Å². The largest absolute Gasteiger partial charge is 0.320 e. The molecule has 0 aromatic carbocycles. The third-order valence-corrected chi connectivity index (χ3v) is 2.10. The molecular formula is C10H12N4. The first-order valence-corrected chi connectivity index (χ1v) is 4.66. The monoisotopic (exact) mass is 188 g/mol. The summed E-state index contributed by atoms with van der Waals surface area (Å²) >= 11 is 0. The van der Waals surface area contributed by atoms with Crippen LogP contribution in [0.3, 0.4) is 0 Å². The van der Waals surface area contributed by atoms with Gasteiger partial charge in [-0.3, -0.25) is 4.98 Å². The molecule has 0 saturated carbocycles. The molecule has 2 aromatic heterocycles. The maximum absolute atomic E-state index is 3.98. The summed E-state index contributed by atoms with van der Waals surface area (Å²) in [4.78, 5) is 3.98. The molecule has 0 N–H and O–H groups in total. The Labute approximate surface area is 82.6 Å². The lowest BCUT2D eigenvalue weighted by molar-refractivity contribution is 0.640. The van der Waals surface area contributed by atoms with Gasteiger partial charge in [0.05, 0.1) is 0 Å². The van der Waals surface area contributed by atoms with Crippen LogP contribution in [0.2, 0.25) is 0 Å². The number of pyridine rings is 1. The quantitative estimate of drug-likeness (QED) is 0.726. The van der Waals surface area contributed by atoms with Crippen LogP contribution in [0.4, 0.5) is 0 Å².